The first-order chi connectivity index (χ1) is 22.0. The van der Waals surface area contributed by atoms with Gasteiger partial charge in [-0.15, -0.1) is 0 Å². The Morgan fingerprint density at radius 1 is 0.756 bits per heavy atom. The smallest absolute Gasteiger partial charge is 0.415 e. The fourth-order valence-electron chi connectivity index (χ4n) is 5.57. The first kappa shape index (κ1) is 29.9. The van der Waals surface area contributed by atoms with E-state index in [0.717, 1.165) is 16.7 Å². The van der Waals surface area contributed by atoms with Gasteiger partial charge in [-0.05, 0) is 65.9 Å². The Kier molecular flexibility index (Phi) is 9.37. The van der Waals surface area contributed by atoms with Crippen molar-refractivity contribution in [3.63, 3.8) is 0 Å². The van der Waals surface area contributed by atoms with E-state index in [2.05, 4.69) is 0 Å². The highest BCUT2D eigenvalue weighted by atomic mass is 19.1. The molecule has 1 aliphatic heterocycles. The fraction of sp³-hybridized carbons (Fsp3) is 0.184. The van der Waals surface area contributed by atoms with E-state index < -0.39 is 24.3 Å². The zero-order chi connectivity index (χ0) is 31.0. The molecule has 1 unspecified atom stereocenters. The fourth-order valence-corrected chi connectivity index (χ4v) is 5.57. The Hall–Kier alpha value is -5.14. The number of hydrogen-bond donors (Lipinski definition) is 1. The second-order valence-corrected chi connectivity index (χ2v) is 11.0. The maximum atomic E-state index is 13.5. The van der Waals surface area contributed by atoms with Gasteiger partial charge in [-0.3, -0.25) is 4.90 Å². The van der Waals surface area contributed by atoms with E-state index in [1.807, 2.05) is 109 Å². The lowest BCUT2D eigenvalue weighted by Gasteiger charge is -2.27. The number of aliphatic hydroxyl groups is 1. The summed E-state index contributed by atoms with van der Waals surface area (Å²) in [5.41, 5.74) is 4.08. The van der Waals surface area contributed by atoms with Crippen LogP contribution < -0.4 is 14.4 Å². The van der Waals surface area contributed by atoms with Crippen molar-refractivity contribution < 1.29 is 28.5 Å². The molecule has 0 spiro atoms. The van der Waals surface area contributed by atoms with Gasteiger partial charge in [-0.25, -0.2) is 9.18 Å². The van der Waals surface area contributed by atoms with Crippen molar-refractivity contribution in [2.24, 2.45) is 0 Å². The molecular formula is C38H34FNO5. The number of carbonyl (C=O) groups is 1. The number of halogens is 1. The summed E-state index contributed by atoms with van der Waals surface area (Å²) >= 11 is 0. The van der Waals surface area contributed by atoms with Crippen molar-refractivity contribution in [3.8, 4) is 11.5 Å². The third-order valence-electron chi connectivity index (χ3n) is 7.88. The van der Waals surface area contributed by atoms with Crippen LogP contribution in [-0.2, 0) is 18.0 Å². The predicted molar refractivity (Wildman–Crippen MR) is 171 cm³/mol. The van der Waals surface area contributed by atoms with Crippen molar-refractivity contribution in [2.75, 3.05) is 4.90 Å². The van der Waals surface area contributed by atoms with Gasteiger partial charge in [0.25, 0.3) is 0 Å². The SMILES string of the molecule is O=C1O[C@H](CCC(O)c2ccc(F)cc2)[C@@H](c2ccc(OCc3ccccc3)cc2OCc2ccccc2)N1c1ccccc1. The lowest BCUT2D eigenvalue weighted by atomic mass is 9.93. The summed E-state index contributed by atoms with van der Waals surface area (Å²) in [7, 11) is 0. The van der Waals surface area contributed by atoms with Gasteiger partial charge in [0.1, 0.15) is 42.7 Å². The van der Waals surface area contributed by atoms with Crippen LogP contribution in [0, 0.1) is 5.82 Å². The number of para-hydroxylation sites is 1. The molecule has 6 nitrogen and oxygen atoms in total. The molecule has 7 heteroatoms. The van der Waals surface area contributed by atoms with Crippen molar-refractivity contribution in [3.05, 3.63) is 162 Å². The number of rotatable bonds is 12. The Labute approximate surface area is 262 Å². The number of amides is 1. The second-order valence-electron chi connectivity index (χ2n) is 11.0. The topological polar surface area (TPSA) is 68.2 Å². The van der Waals surface area contributed by atoms with E-state index in [1.165, 1.54) is 12.1 Å². The average Bonchev–Trinajstić information content (AvgIpc) is 3.42. The minimum absolute atomic E-state index is 0.307. The van der Waals surface area contributed by atoms with Crippen LogP contribution in [0.15, 0.2) is 133 Å². The van der Waals surface area contributed by atoms with Crippen molar-refractivity contribution in [1.29, 1.82) is 0 Å². The average molecular weight is 604 g/mol. The first-order valence-corrected chi connectivity index (χ1v) is 15.0. The molecule has 0 saturated carbocycles. The molecule has 1 N–H and O–H groups in total. The monoisotopic (exact) mass is 603 g/mol. The van der Waals surface area contributed by atoms with Gasteiger partial charge >= 0.3 is 6.09 Å². The Morgan fingerprint density at radius 3 is 2.00 bits per heavy atom. The van der Waals surface area contributed by atoms with E-state index in [9.17, 15) is 14.3 Å². The van der Waals surface area contributed by atoms with Crippen molar-refractivity contribution in [1.82, 2.24) is 0 Å². The summed E-state index contributed by atoms with van der Waals surface area (Å²) < 4.78 is 32.0. The molecule has 0 radical (unpaired) electrons. The molecule has 5 aromatic carbocycles. The van der Waals surface area contributed by atoms with Crippen LogP contribution in [0.3, 0.4) is 0 Å². The van der Waals surface area contributed by atoms with Crippen LogP contribution in [0.4, 0.5) is 14.9 Å². The molecule has 1 saturated heterocycles. The van der Waals surface area contributed by atoms with Crippen molar-refractivity contribution >= 4 is 11.8 Å². The molecule has 0 bridgehead atoms. The van der Waals surface area contributed by atoms with Gasteiger partial charge < -0.3 is 19.3 Å². The summed E-state index contributed by atoms with van der Waals surface area (Å²) in [4.78, 5) is 15.1. The second kappa shape index (κ2) is 14.1. The molecule has 1 amide bonds. The van der Waals surface area contributed by atoms with E-state index in [4.69, 9.17) is 14.2 Å². The highest BCUT2D eigenvalue weighted by Gasteiger charge is 2.45. The van der Waals surface area contributed by atoms with E-state index in [0.29, 0.717) is 48.8 Å². The number of benzene rings is 5. The van der Waals surface area contributed by atoms with Crippen molar-refractivity contribution in [2.45, 2.75) is 44.3 Å². The standard InChI is InChI=1S/C38H34FNO5/c39-30-18-16-29(17-19-30)34(41)22-23-35-37(40(38(42)45-35)31-14-8-3-9-15-31)33-21-20-32(43-25-27-10-4-1-5-11-27)24-36(33)44-26-28-12-6-2-7-13-28/h1-21,24,34-35,37,41H,22-23,25-26H2/t34?,35-,37-/m1/s1. The van der Waals surface area contributed by atoms with E-state index in [-0.39, 0.29) is 5.82 Å². The minimum atomic E-state index is -0.849. The van der Waals surface area contributed by atoms with Crippen LogP contribution >= 0.6 is 0 Å². The lowest BCUT2D eigenvalue weighted by Crippen LogP contribution is -2.30. The molecule has 228 valence electrons. The zero-order valence-corrected chi connectivity index (χ0v) is 24.7. The maximum absolute atomic E-state index is 13.5. The Bertz CT molecular complexity index is 1680. The Morgan fingerprint density at radius 2 is 1.36 bits per heavy atom. The number of ether oxygens (including phenoxy) is 3. The van der Waals surface area contributed by atoms with Gasteiger partial charge in [0.05, 0.1) is 6.10 Å². The molecule has 1 fully saturated rings. The molecule has 1 heterocycles. The number of aliphatic hydroxyl groups excluding tert-OH is 1. The maximum Gasteiger partial charge on any atom is 0.415 e. The number of carbonyl (C=O) groups excluding carboxylic acids is 1. The quantitative estimate of drug-likeness (QED) is 0.155. The molecule has 0 aromatic heterocycles. The summed E-state index contributed by atoms with van der Waals surface area (Å²) in [6.07, 6.45) is -1.25. The molecule has 5 aromatic rings. The normalized spacial score (nSPS) is 16.7. The molecule has 45 heavy (non-hydrogen) atoms. The first-order valence-electron chi connectivity index (χ1n) is 15.0. The summed E-state index contributed by atoms with van der Waals surface area (Å²) in [5, 5.41) is 10.9. The number of anilines is 1. The van der Waals surface area contributed by atoms with E-state index >= 15 is 0 Å². The third-order valence-corrected chi connectivity index (χ3v) is 7.88. The van der Waals surface area contributed by atoms with Gasteiger partial charge in [0.15, 0.2) is 0 Å². The lowest BCUT2D eigenvalue weighted by molar-refractivity contribution is 0.100. The molecule has 0 aliphatic carbocycles. The molecule has 6 rings (SSSR count). The van der Waals surface area contributed by atoms with Gasteiger partial charge in [-0.1, -0.05) is 91.0 Å². The highest BCUT2D eigenvalue weighted by molar-refractivity contribution is 5.91. The minimum Gasteiger partial charge on any atom is -0.489 e. The third kappa shape index (κ3) is 7.33. The zero-order valence-electron chi connectivity index (χ0n) is 24.7. The van der Waals surface area contributed by atoms with Crippen LogP contribution in [0.5, 0.6) is 11.5 Å². The number of cyclic esters (lactones) is 1. The Balaban J connectivity index is 1.33. The molecular weight excluding hydrogens is 569 g/mol. The van der Waals surface area contributed by atoms with Gasteiger partial charge in [0, 0.05) is 17.3 Å². The highest BCUT2D eigenvalue weighted by Crippen LogP contribution is 2.44. The largest absolute Gasteiger partial charge is 0.489 e. The van der Waals surface area contributed by atoms with E-state index in [1.54, 1.807) is 17.0 Å². The van der Waals surface area contributed by atoms with Gasteiger partial charge in [0.2, 0.25) is 0 Å². The van der Waals surface area contributed by atoms with Crippen LogP contribution in [0.25, 0.3) is 0 Å². The predicted octanol–water partition coefficient (Wildman–Crippen LogP) is 8.56. The summed E-state index contributed by atoms with van der Waals surface area (Å²) in [6, 6.07) is 40.1. The van der Waals surface area contributed by atoms with Crippen LogP contribution in [-0.4, -0.2) is 17.3 Å². The summed E-state index contributed by atoms with van der Waals surface area (Å²) in [6.45, 7) is 0.708. The van der Waals surface area contributed by atoms with Crippen LogP contribution in [0.1, 0.15) is 47.2 Å². The number of hydrogen-bond acceptors (Lipinski definition) is 5. The number of nitrogens with zero attached hydrogens (tertiary/aromatic N) is 1. The van der Waals surface area contributed by atoms with Gasteiger partial charge in [-0.2, -0.15) is 0 Å². The molecule has 3 atom stereocenters. The van der Waals surface area contributed by atoms with Crippen LogP contribution in [0.2, 0.25) is 0 Å². The molecule has 1 aliphatic rings. The summed E-state index contributed by atoms with van der Waals surface area (Å²) in [5.74, 6) is 0.830.